The molecule has 0 amide bonds. The monoisotopic (exact) mass is 381 g/mol. The van der Waals surface area contributed by atoms with Crippen molar-refractivity contribution in [1.82, 2.24) is 0 Å². The van der Waals surface area contributed by atoms with Gasteiger partial charge in [-0.2, -0.15) is 0 Å². The van der Waals surface area contributed by atoms with Crippen molar-refractivity contribution in [3.63, 3.8) is 0 Å². The average Bonchev–Trinajstić information content (AvgIpc) is 2.92. The van der Waals surface area contributed by atoms with Crippen molar-refractivity contribution in [2.24, 2.45) is 0 Å². The van der Waals surface area contributed by atoms with Gasteiger partial charge >= 0.3 is 88.3 Å². The van der Waals surface area contributed by atoms with Crippen LogP contribution < -0.4 is 19.2 Å². The maximum absolute atomic E-state index is 9.53. The summed E-state index contributed by atoms with van der Waals surface area (Å²) in [6.45, 7) is 11.8. The summed E-state index contributed by atoms with van der Waals surface area (Å²) in [6.07, 6.45) is 6.63. The quantitative estimate of drug-likeness (QED) is 0.734. The molecular weight excluding hydrogens is 348 g/mol. The molecule has 0 atom stereocenters. The molecule has 1 aliphatic carbocycles. The first-order valence-electron chi connectivity index (χ1n) is 8.71. The van der Waals surface area contributed by atoms with Crippen molar-refractivity contribution in [3.8, 4) is 0 Å². The van der Waals surface area contributed by atoms with Crippen molar-refractivity contribution in [2.45, 2.75) is 73.2 Å². The third-order valence-electron chi connectivity index (χ3n) is 2.13. The summed E-state index contributed by atoms with van der Waals surface area (Å²) in [4.78, 5) is 0. The summed E-state index contributed by atoms with van der Waals surface area (Å²) in [5, 5.41) is 28.6. The van der Waals surface area contributed by atoms with Crippen LogP contribution in [0.2, 0.25) is 0 Å². The summed E-state index contributed by atoms with van der Waals surface area (Å²) >= 11 is -0.0267. The molecule has 0 bridgehead atoms. The Morgan fingerprint density at radius 2 is 1.20 bits per heavy atom. The second-order valence-corrected chi connectivity index (χ2v) is 8.76. The standard InChI is InChI=1S/C7H7.C5H5.3C3H7O.Ti/c1-7-5-3-2-4-6-7;1-2-4-5-3-1;3*1-3(2)4;/h3-6H,1H3;1-3H,4H2;3*3H,1-2H3;/q;;3*-1;+3. The van der Waals surface area contributed by atoms with Gasteiger partial charge in [-0.3, -0.25) is 0 Å². The molecule has 0 fully saturated rings. The Morgan fingerprint density at radius 1 is 0.800 bits per heavy atom. The van der Waals surface area contributed by atoms with E-state index in [1.165, 1.54) is 12.0 Å². The van der Waals surface area contributed by atoms with Gasteiger partial charge in [0.1, 0.15) is 0 Å². The van der Waals surface area contributed by atoms with Gasteiger partial charge in [0.15, 0.2) is 0 Å². The van der Waals surface area contributed by atoms with Crippen LogP contribution >= 0.6 is 0 Å². The fourth-order valence-electron chi connectivity index (χ4n) is 1.36. The van der Waals surface area contributed by atoms with E-state index in [1.807, 2.05) is 0 Å². The fourth-order valence-corrected chi connectivity index (χ4v) is 3.09. The molecule has 25 heavy (non-hydrogen) atoms. The van der Waals surface area contributed by atoms with Crippen LogP contribution in [0.3, 0.4) is 0 Å². The van der Waals surface area contributed by atoms with Crippen molar-refractivity contribution in [1.29, 1.82) is 0 Å². The van der Waals surface area contributed by atoms with Gasteiger partial charge in [-0.25, -0.2) is 0 Å². The van der Waals surface area contributed by atoms with Gasteiger partial charge in [0.25, 0.3) is 0 Å². The summed E-state index contributed by atoms with van der Waals surface area (Å²) in [7, 11) is 0. The van der Waals surface area contributed by atoms with E-state index >= 15 is 0 Å². The molecule has 3 nitrogen and oxygen atoms in total. The van der Waals surface area contributed by atoms with Crippen LogP contribution in [0.25, 0.3) is 0 Å². The van der Waals surface area contributed by atoms with E-state index < -0.39 is 18.3 Å². The van der Waals surface area contributed by atoms with Gasteiger partial charge in [0, 0.05) is 0 Å². The molecule has 0 N–H and O–H groups in total. The number of aryl methyl sites for hydroxylation is 1. The van der Waals surface area contributed by atoms with Gasteiger partial charge in [-0.1, -0.05) is 41.5 Å². The molecule has 0 aromatic heterocycles. The van der Waals surface area contributed by atoms with Crippen LogP contribution in [-0.2, 0) is 19.2 Å². The number of hydrogen-bond acceptors (Lipinski definition) is 3. The van der Waals surface area contributed by atoms with Crippen LogP contribution in [-0.4, -0.2) is 18.3 Å². The topological polar surface area (TPSA) is 69.2 Å². The van der Waals surface area contributed by atoms with Gasteiger partial charge in [0.05, 0.1) is 0 Å². The molecule has 0 aliphatic heterocycles. The zero-order valence-corrected chi connectivity index (χ0v) is 18.3. The Hall–Kier alpha value is -0.706. The molecule has 1 aromatic rings. The molecule has 0 heterocycles. The summed E-state index contributed by atoms with van der Waals surface area (Å²) in [6, 6.07) is 8.96. The molecule has 0 spiro atoms. The molecule has 1 aromatic carbocycles. The van der Waals surface area contributed by atoms with Crippen molar-refractivity contribution < 1.29 is 34.5 Å². The van der Waals surface area contributed by atoms with Crippen LogP contribution in [0, 0.1) is 6.92 Å². The van der Waals surface area contributed by atoms with Gasteiger partial charge in [0.2, 0.25) is 0 Å². The second kappa shape index (κ2) is 16.7. The Morgan fingerprint density at radius 3 is 1.52 bits per heavy atom. The van der Waals surface area contributed by atoms with E-state index in [4.69, 9.17) is 0 Å². The second-order valence-electron chi connectivity index (χ2n) is 6.46. The molecule has 0 saturated carbocycles. The normalized spacial score (nSPS) is 11.6. The summed E-state index contributed by atoms with van der Waals surface area (Å²) in [5.74, 6) is 0. The van der Waals surface area contributed by atoms with E-state index in [0.717, 1.165) is 0 Å². The van der Waals surface area contributed by atoms with Crippen LogP contribution in [0.1, 0.15) is 53.5 Å². The first-order chi connectivity index (χ1) is 11.5. The Balaban J connectivity index is 0. The molecule has 0 saturated heterocycles. The molecule has 0 unspecified atom stereocenters. The van der Waals surface area contributed by atoms with Crippen LogP contribution in [0.15, 0.2) is 46.4 Å². The summed E-state index contributed by atoms with van der Waals surface area (Å²) in [5.41, 5.74) is 1.36. The number of benzene rings is 1. The number of allylic oxidation sites excluding steroid dienone is 4. The Labute approximate surface area is 163 Å². The first-order valence-corrected chi connectivity index (χ1v) is 10.3. The van der Waals surface area contributed by atoms with Crippen LogP contribution in [0.5, 0.6) is 0 Å². The molecule has 2 rings (SSSR count). The zero-order chi connectivity index (χ0) is 19.8. The maximum atomic E-state index is 9.53. The van der Waals surface area contributed by atoms with Gasteiger partial charge in [-0.05, 0) is 0 Å². The van der Waals surface area contributed by atoms with E-state index in [1.54, 1.807) is 49.3 Å². The van der Waals surface area contributed by atoms with E-state index in [2.05, 4.69) is 49.4 Å². The first kappa shape index (κ1) is 26.5. The molecule has 0 radical (unpaired) electrons. The SMILES string of the molecule is CC(C)[O-].CC(C)[O-].CC(C)[O-].Cc1cc[c]([Ti+3][C]2=CC=CC2)cc1. The third kappa shape index (κ3) is 25.6. The Bertz CT molecular complexity index is 452. The number of hydrogen-bond donors (Lipinski definition) is 0. The van der Waals surface area contributed by atoms with E-state index in [9.17, 15) is 15.3 Å². The van der Waals surface area contributed by atoms with Crippen molar-refractivity contribution in [2.75, 3.05) is 0 Å². The molecule has 139 valence electrons. The van der Waals surface area contributed by atoms with E-state index in [0.29, 0.717) is 0 Å². The molecule has 4 heteroatoms. The minimum absolute atomic E-state index is 0.0267. The minimum atomic E-state index is -0.417. The van der Waals surface area contributed by atoms with Gasteiger partial charge < -0.3 is 15.3 Å². The molecule has 1 aliphatic rings. The average molecular weight is 381 g/mol. The number of rotatable bonds is 2. The molecular formula is C21H33O3Ti. The predicted molar refractivity (Wildman–Crippen MR) is 98.1 cm³/mol. The van der Waals surface area contributed by atoms with Gasteiger partial charge in [-0.15, -0.1) is 18.3 Å². The zero-order valence-electron chi connectivity index (χ0n) is 16.7. The fraction of sp³-hybridized carbons (Fsp3) is 0.524. The van der Waals surface area contributed by atoms with Crippen LogP contribution in [0.4, 0.5) is 0 Å². The third-order valence-corrected chi connectivity index (χ3v) is 4.18. The Kier molecular flexibility index (Phi) is 17.8. The van der Waals surface area contributed by atoms with Crippen molar-refractivity contribution >= 4 is 3.87 Å². The van der Waals surface area contributed by atoms with Crippen molar-refractivity contribution in [3.05, 3.63) is 51.9 Å². The predicted octanol–water partition coefficient (Wildman–Crippen LogP) is 1.81. The van der Waals surface area contributed by atoms with E-state index in [-0.39, 0.29) is 19.2 Å². The summed E-state index contributed by atoms with van der Waals surface area (Å²) < 4.78 is 3.18.